The Bertz CT molecular complexity index is 460. The van der Waals surface area contributed by atoms with Gasteiger partial charge >= 0.3 is 0 Å². The molecule has 16 heavy (non-hydrogen) atoms. The number of aromatic nitrogens is 2. The zero-order valence-corrected chi connectivity index (χ0v) is 9.53. The molecule has 0 fully saturated rings. The third kappa shape index (κ3) is 2.49. The molecule has 0 amide bonds. The summed E-state index contributed by atoms with van der Waals surface area (Å²) in [5.74, 6) is 0.940. The summed E-state index contributed by atoms with van der Waals surface area (Å²) in [6.45, 7) is 2.81. The fourth-order valence-electron chi connectivity index (χ4n) is 1.72. The molecule has 0 saturated heterocycles. The Morgan fingerprint density at radius 3 is 3.00 bits per heavy atom. The van der Waals surface area contributed by atoms with E-state index >= 15 is 0 Å². The van der Waals surface area contributed by atoms with Gasteiger partial charge in [0.15, 0.2) is 0 Å². The second-order valence-corrected chi connectivity index (χ2v) is 4.02. The standard InChI is InChI=1S/C13H17N3/c1-10-4-2-5-11(8-10)13-15-9-12(16-13)6-3-7-14/h2,4-5,8-9H,3,6-7,14H2,1H3,(H,15,16). The number of benzene rings is 1. The average Bonchev–Trinajstić information content (AvgIpc) is 2.75. The van der Waals surface area contributed by atoms with Crippen LogP contribution in [0.1, 0.15) is 17.7 Å². The maximum Gasteiger partial charge on any atom is 0.137 e. The van der Waals surface area contributed by atoms with E-state index in [4.69, 9.17) is 5.73 Å². The molecule has 0 aliphatic heterocycles. The molecule has 0 bridgehead atoms. The first-order chi connectivity index (χ1) is 7.79. The minimum atomic E-state index is 0.721. The average molecular weight is 215 g/mol. The zero-order valence-electron chi connectivity index (χ0n) is 9.53. The first-order valence-corrected chi connectivity index (χ1v) is 5.60. The number of aryl methyl sites for hydroxylation is 2. The highest BCUT2D eigenvalue weighted by Gasteiger charge is 2.03. The van der Waals surface area contributed by atoms with Crippen molar-refractivity contribution in [3.8, 4) is 11.4 Å². The lowest BCUT2D eigenvalue weighted by Crippen LogP contribution is -2.00. The quantitative estimate of drug-likeness (QED) is 0.822. The van der Waals surface area contributed by atoms with E-state index in [2.05, 4.69) is 35.1 Å². The highest BCUT2D eigenvalue weighted by atomic mass is 14.9. The van der Waals surface area contributed by atoms with Gasteiger partial charge in [-0.25, -0.2) is 4.98 Å². The van der Waals surface area contributed by atoms with Crippen LogP contribution >= 0.6 is 0 Å². The maximum atomic E-state index is 5.48. The highest BCUT2D eigenvalue weighted by Crippen LogP contribution is 2.17. The van der Waals surface area contributed by atoms with Gasteiger partial charge in [0.25, 0.3) is 0 Å². The molecule has 3 N–H and O–H groups in total. The van der Waals surface area contributed by atoms with E-state index < -0.39 is 0 Å². The minimum absolute atomic E-state index is 0.721. The van der Waals surface area contributed by atoms with Gasteiger partial charge in [0.1, 0.15) is 5.82 Å². The van der Waals surface area contributed by atoms with Gasteiger partial charge in [0.2, 0.25) is 0 Å². The second kappa shape index (κ2) is 4.94. The molecule has 0 aliphatic carbocycles. The molecule has 1 aromatic carbocycles. The van der Waals surface area contributed by atoms with Crippen LogP contribution in [0.25, 0.3) is 11.4 Å². The van der Waals surface area contributed by atoms with Crippen LogP contribution in [0.2, 0.25) is 0 Å². The summed E-state index contributed by atoms with van der Waals surface area (Å²) >= 11 is 0. The van der Waals surface area contributed by atoms with Gasteiger partial charge in [-0.1, -0.05) is 23.8 Å². The van der Waals surface area contributed by atoms with Crippen molar-refractivity contribution in [2.75, 3.05) is 6.54 Å². The predicted molar refractivity (Wildman–Crippen MR) is 66.1 cm³/mol. The predicted octanol–water partition coefficient (Wildman–Crippen LogP) is 2.28. The van der Waals surface area contributed by atoms with E-state index in [1.807, 2.05) is 12.3 Å². The SMILES string of the molecule is Cc1cccc(-c2ncc(CCCN)[nH]2)c1. The lowest BCUT2D eigenvalue weighted by molar-refractivity contribution is 0.816. The minimum Gasteiger partial charge on any atom is -0.342 e. The number of aromatic amines is 1. The monoisotopic (exact) mass is 215 g/mol. The molecule has 84 valence electrons. The molecule has 1 heterocycles. The molecule has 0 saturated carbocycles. The van der Waals surface area contributed by atoms with Gasteiger partial charge < -0.3 is 10.7 Å². The molecule has 0 spiro atoms. The molecule has 0 atom stereocenters. The molecule has 0 aliphatic rings. The number of imidazole rings is 1. The molecule has 0 unspecified atom stereocenters. The first kappa shape index (κ1) is 10.9. The number of nitrogens with one attached hydrogen (secondary N) is 1. The van der Waals surface area contributed by atoms with Crippen molar-refractivity contribution in [1.29, 1.82) is 0 Å². The molecule has 3 heteroatoms. The van der Waals surface area contributed by atoms with E-state index in [-0.39, 0.29) is 0 Å². The van der Waals surface area contributed by atoms with E-state index in [0.29, 0.717) is 0 Å². The summed E-state index contributed by atoms with van der Waals surface area (Å²) < 4.78 is 0. The normalized spacial score (nSPS) is 10.6. The lowest BCUT2D eigenvalue weighted by atomic mass is 10.1. The number of hydrogen-bond acceptors (Lipinski definition) is 2. The first-order valence-electron chi connectivity index (χ1n) is 5.60. The number of nitrogens with two attached hydrogens (primary N) is 1. The number of hydrogen-bond donors (Lipinski definition) is 2. The van der Waals surface area contributed by atoms with Crippen molar-refractivity contribution in [1.82, 2.24) is 9.97 Å². The summed E-state index contributed by atoms with van der Waals surface area (Å²) in [4.78, 5) is 7.71. The third-order valence-corrected chi connectivity index (χ3v) is 2.57. The van der Waals surface area contributed by atoms with E-state index in [9.17, 15) is 0 Å². The number of rotatable bonds is 4. The van der Waals surface area contributed by atoms with Crippen LogP contribution in [0.5, 0.6) is 0 Å². The van der Waals surface area contributed by atoms with Gasteiger partial charge in [-0.05, 0) is 32.4 Å². The fraction of sp³-hybridized carbons (Fsp3) is 0.308. The van der Waals surface area contributed by atoms with Crippen molar-refractivity contribution in [3.63, 3.8) is 0 Å². The van der Waals surface area contributed by atoms with Crippen LogP contribution in [0, 0.1) is 6.92 Å². The summed E-state index contributed by atoms with van der Waals surface area (Å²) in [7, 11) is 0. The molecule has 2 rings (SSSR count). The summed E-state index contributed by atoms with van der Waals surface area (Å²) in [6.07, 6.45) is 3.86. The van der Waals surface area contributed by atoms with Gasteiger partial charge in [-0.2, -0.15) is 0 Å². The number of H-pyrrole nitrogens is 1. The molecular weight excluding hydrogens is 198 g/mol. The van der Waals surface area contributed by atoms with Gasteiger partial charge in [0.05, 0.1) is 0 Å². The molecule has 2 aromatic rings. The van der Waals surface area contributed by atoms with Crippen molar-refractivity contribution in [2.45, 2.75) is 19.8 Å². The smallest absolute Gasteiger partial charge is 0.137 e. The largest absolute Gasteiger partial charge is 0.342 e. The Morgan fingerprint density at radius 2 is 2.25 bits per heavy atom. The molecule has 3 nitrogen and oxygen atoms in total. The van der Waals surface area contributed by atoms with Crippen LogP contribution in [-0.4, -0.2) is 16.5 Å². The van der Waals surface area contributed by atoms with E-state index in [0.717, 1.165) is 36.5 Å². The Kier molecular flexibility index (Phi) is 3.37. The van der Waals surface area contributed by atoms with E-state index in [1.54, 1.807) is 0 Å². The maximum absolute atomic E-state index is 5.48. The van der Waals surface area contributed by atoms with Crippen molar-refractivity contribution in [3.05, 3.63) is 41.7 Å². The zero-order chi connectivity index (χ0) is 11.4. The van der Waals surface area contributed by atoms with Gasteiger partial charge in [0, 0.05) is 17.5 Å². The lowest BCUT2D eigenvalue weighted by Gasteiger charge is -1.98. The van der Waals surface area contributed by atoms with E-state index in [1.165, 1.54) is 5.56 Å². The van der Waals surface area contributed by atoms with Crippen molar-refractivity contribution >= 4 is 0 Å². The highest BCUT2D eigenvalue weighted by molar-refractivity contribution is 5.56. The van der Waals surface area contributed by atoms with Crippen LogP contribution in [0.15, 0.2) is 30.5 Å². The van der Waals surface area contributed by atoms with Crippen molar-refractivity contribution < 1.29 is 0 Å². The van der Waals surface area contributed by atoms with Crippen LogP contribution in [0.3, 0.4) is 0 Å². The summed E-state index contributed by atoms with van der Waals surface area (Å²) in [5.41, 5.74) is 9.02. The molecular formula is C13H17N3. The fourth-order valence-corrected chi connectivity index (χ4v) is 1.72. The van der Waals surface area contributed by atoms with Crippen molar-refractivity contribution in [2.24, 2.45) is 5.73 Å². The Hall–Kier alpha value is -1.61. The Morgan fingerprint density at radius 1 is 1.38 bits per heavy atom. The molecule has 1 aromatic heterocycles. The van der Waals surface area contributed by atoms with Gasteiger partial charge in [-0.3, -0.25) is 0 Å². The van der Waals surface area contributed by atoms with Crippen LogP contribution in [0.4, 0.5) is 0 Å². The number of nitrogens with zero attached hydrogens (tertiary/aromatic N) is 1. The Balaban J connectivity index is 2.18. The van der Waals surface area contributed by atoms with Crippen LogP contribution < -0.4 is 5.73 Å². The van der Waals surface area contributed by atoms with Gasteiger partial charge in [-0.15, -0.1) is 0 Å². The second-order valence-electron chi connectivity index (χ2n) is 4.02. The topological polar surface area (TPSA) is 54.7 Å². The van der Waals surface area contributed by atoms with Crippen LogP contribution in [-0.2, 0) is 6.42 Å². The summed E-state index contributed by atoms with van der Waals surface area (Å²) in [6, 6.07) is 8.33. The summed E-state index contributed by atoms with van der Waals surface area (Å²) in [5, 5.41) is 0. The Labute approximate surface area is 95.7 Å². The molecule has 0 radical (unpaired) electrons. The third-order valence-electron chi connectivity index (χ3n) is 2.57.